The molecule has 0 saturated heterocycles. The monoisotopic (exact) mass is 612 g/mol. The molecule has 2 aliphatic rings. The van der Waals surface area contributed by atoms with E-state index in [1.54, 1.807) is 0 Å². The van der Waals surface area contributed by atoms with Gasteiger partial charge >= 0.3 is 0 Å². The van der Waals surface area contributed by atoms with Crippen molar-refractivity contribution in [2.24, 2.45) is 11.3 Å². The molecule has 0 unspecified atom stereocenters. The second-order valence-corrected chi connectivity index (χ2v) is 15.0. The molecule has 3 nitrogen and oxygen atoms in total. The molecule has 0 radical (unpaired) electrons. The number of hydrogen-bond donors (Lipinski definition) is 0. The van der Waals surface area contributed by atoms with Crippen LogP contribution in [0.25, 0.3) is 11.4 Å². The van der Waals surface area contributed by atoms with Gasteiger partial charge in [-0.15, -0.1) is 0 Å². The third-order valence-corrected chi connectivity index (χ3v) is 11.5. The molecule has 1 aromatic carbocycles. The van der Waals surface area contributed by atoms with E-state index in [9.17, 15) is 5.26 Å². The van der Waals surface area contributed by atoms with Crippen molar-refractivity contribution in [2.75, 3.05) is 0 Å². The van der Waals surface area contributed by atoms with Crippen molar-refractivity contribution in [3.05, 3.63) is 47.8 Å². The van der Waals surface area contributed by atoms with Gasteiger partial charge in [0.2, 0.25) is 0 Å². The van der Waals surface area contributed by atoms with Crippen LogP contribution in [-0.2, 0) is 0 Å². The van der Waals surface area contributed by atoms with Gasteiger partial charge in [0, 0.05) is 18.0 Å². The molecule has 2 aromatic rings. The van der Waals surface area contributed by atoms with Crippen LogP contribution in [0.3, 0.4) is 0 Å². The zero-order chi connectivity index (χ0) is 31.6. The summed E-state index contributed by atoms with van der Waals surface area (Å²) in [6.45, 7) is 4.57. The van der Waals surface area contributed by atoms with Crippen LogP contribution in [0, 0.1) is 22.7 Å². The summed E-state index contributed by atoms with van der Waals surface area (Å²) < 4.78 is 0. The molecule has 2 saturated carbocycles. The van der Waals surface area contributed by atoms with Crippen LogP contribution >= 0.6 is 0 Å². The van der Waals surface area contributed by atoms with E-state index in [1.807, 2.05) is 0 Å². The normalized spacial score (nSPS) is 23.5. The number of nitriles is 1. The van der Waals surface area contributed by atoms with Crippen LogP contribution in [0.4, 0.5) is 0 Å². The zero-order valence-corrected chi connectivity index (χ0v) is 29.2. The molecule has 2 fully saturated rings. The topological polar surface area (TPSA) is 49.6 Å². The fraction of sp³-hybridized carbons (Fsp3) is 0.738. The van der Waals surface area contributed by atoms with Gasteiger partial charge in [-0.2, -0.15) is 5.26 Å². The van der Waals surface area contributed by atoms with E-state index in [4.69, 9.17) is 9.97 Å². The smallest absolute Gasteiger partial charge is 0.159 e. The van der Waals surface area contributed by atoms with Crippen molar-refractivity contribution in [3.63, 3.8) is 0 Å². The Labute approximate surface area is 277 Å². The van der Waals surface area contributed by atoms with E-state index in [0.717, 1.165) is 49.4 Å². The Morgan fingerprint density at radius 1 is 0.622 bits per heavy atom. The molecule has 3 heteroatoms. The maximum absolute atomic E-state index is 10.1. The minimum absolute atomic E-state index is 0.0814. The molecule has 1 aromatic heterocycles. The van der Waals surface area contributed by atoms with Crippen LogP contribution in [0.2, 0.25) is 0 Å². The second-order valence-electron chi connectivity index (χ2n) is 15.0. The highest BCUT2D eigenvalue weighted by Crippen LogP contribution is 2.46. The van der Waals surface area contributed by atoms with Crippen LogP contribution < -0.4 is 0 Å². The average molecular weight is 612 g/mol. The van der Waals surface area contributed by atoms with E-state index >= 15 is 0 Å². The lowest BCUT2D eigenvalue weighted by Crippen LogP contribution is -2.25. The molecule has 0 amide bonds. The largest absolute Gasteiger partial charge is 0.236 e. The highest BCUT2D eigenvalue weighted by molar-refractivity contribution is 5.55. The number of hydrogen-bond acceptors (Lipinski definition) is 3. The molecule has 0 bridgehead atoms. The van der Waals surface area contributed by atoms with E-state index in [2.05, 4.69) is 56.6 Å². The maximum atomic E-state index is 10.1. The molecule has 0 N–H and O–H groups in total. The summed E-state index contributed by atoms with van der Waals surface area (Å²) in [5.41, 5.74) is 3.78. The quantitative estimate of drug-likeness (QED) is 0.140. The predicted molar refractivity (Wildman–Crippen MR) is 191 cm³/mol. The SMILES string of the molecule is CCCCCCCCCCC1CCC(c2cnc(-c3ccc(C4CCC(C#N)(CCCCCCCCC)CC4)cc3)nc2)CC1. The highest BCUT2D eigenvalue weighted by Gasteiger charge is 2.35. The zero-order valence-electron chi connectivity index (χ0n) is 29.2. The Hall–Kier alpha value is -2.21. The Morgan fingerprint density at radius 2 is 1.13 bits per heavy atom. The summed E-state index contributed by atoms with van der Waals surface area (Å²) in [5, 5.41) is 10.1. The summed E-state index contributed by atoms with van der Waals surface area (Å²) in [5.74, 6) is 2.98. The first-order valence-electron chi connectivity index (χ1n) is 19.5. The van der Waals surface area contributed by atoms with E-state index in [1.165, 1.54) is 140 Å². The Morgan fingerprint density at radius 3 is 1.69 bits per heavy atom. The van der Waals surface area contributed by atoms with Gasteiger partial charge in [0.25, 0.3) is 0 Å². The Kier molecular flexibility index (Phi) is 15.9. The van der Waals surface area contributed by atoms with Crippen molar-refractivity contribution in [3.8, 4) is 17.5 Å². The first-order chi connectivity index (χ1) is 22.2. The maximum Gasteiger partial charge on any atom is 0.159 e. The number of unbranched alkanes of at least 4 members (excludes halogenated alkanes) is 13. The lowest BCUT2D eigenvalue weighted by Gasteiger charge is -2.35. The Bertz CT molecular complexity index is 1080. The second kappa shape index (κ2) is 20.1. The summed E-state index contributed by atoms with van der Waals surface area (Å²) in [7, 11) is 0. The van der Waals surface area contributed by atoms with Crippen molar-refractivity contribution in [1.82, 2.24) is 9.97 Å². The van der Waals surface area contributed by atoms with Gasteiger partial charge in [-0.3, -0.25) is 0 Å². The van der Waals surface area contributed by atoms with Crippen molar-refractivity contribution >= 4 is 0 Å². The van der Waals surface area contributed by atoms with Crippen LogP contribution in [-0.4, -0.2) is 9.97 Å². The first-order valence-corrected chi connectivity index (χ1v) is 19.5. The fourth-order valence-electron chi connectivity index (χ4n) is 8.30. The lowest BCUT2D eigenvalue weighted by atomic mass is 9.67. The van der Waals surface area contributed by atoms with Crippen molar-refractivity contribution in [1.29, 1.82) is 5.26 Å². The van der Waals surface area contributed by atoms with Gasteiger partial charge in [0.15, 0.2) is 5.82 Å². The van der Waals surface area contributed by atoms with Crippen LogP contribution in [0.1, 0.15) is 197 Å². The number of nitrogens with zero attached hydrogens (tertiary/aromatic N) is 3. The third-order valence-electron chi connectivity index (χ3n) is 11.5. The molecular weight excluding hydrogens is 546 g/mol. The lowest BCUT2D eigenvalue weighted by molar-refractivity contribution is 0.223. The molecular formula is C42H65N3. The van der Waals surface area contributed by atoms with Gasteiger partial charge in [-0.1, -0.05) is 141 Å². The number of aromatic nitrogens is 2. The van der Waals surface area contributed by atoms with Crippen LogP contribution in [0.15, 0.2) is 36.7 Å². The van der Waals surface area contributed by atoms with Crippen molar-refractivity contribution in [2.45, 2.75) is 186 Å². The summed E-state index contributed by atoms with van der Waals surface area (Å²) in [4.78, 5) is 9.64. The summed E-state index contributed by atoms with van der Waals surface area (Å²) in [6, 6.07) is 11.8. The fourth-order valence-corrected chi connectivity index (χ4v) is 8.30. The molecule has 4 rings (SSSR count). The minimum atomic E-state index is -0.0814. The third kappa shape index (κ3) is 11.8. The van der Waals surface area contributed by atoms with Gasteiger partial charge in [-0.05, 0) is 86.7 Å². The predicted octanol–water partition coefficient (Wildman–Crippen LogP) is 13.3. The standard InChI is InChI=1S/C42H65N3/c1-3-5-7-9-11-12-14-16-18-35-19-21-37(22-20-35)40-32-44-41(45-33-40)39-25-23-36(24-26-39)38-27-30-42(34-43,31-28-38)29-17-15-13-10-8-6-4-2/h23-26,32-33,35,37-38H,3-22,27-31H2,1-2H3. The number of benzene rings is 1. The van der Waals surface area contributed by atoms with Crippen molar-refractivity contribution < 1.29 is 0 Å². The van der Waals surface area contributed by atoms with E-state index in [-0.39, 0.29) is 5.41 Å². The van der Waals surface area contributed by atoms with Gasteiger partial charge in [-0.25, -0.2) is 9.97 Å². The van der Waals surface area contributed by atoms with Gasteiger partial charge < -0.3 is 0 Å². The number of rotatable bonds is 20. The molecule has 2 aliphatic carbocycles. The Balaban J connectivity index is 1.15. The highest BCUT2D eigenvalue weighted by atomic mass is 14.9. The van der Waals surface area contributed by atoms with E-state index < -0.39 is 0 Å². The molecule has 0 spiro atoms. The summed E-state index contributed by atoms with van der Waals surface area (Å²) >= 11 is 0. The van der Waals surface area contributed by atoms with Gasteiger partial charge in [0.1, 0.15) is 0 Å². The van der Waals surface area contributed by atoms with Gasteiger partial charge in [0.05, 0.1) is 11.5 Å². The minimum Gasteiger partial charge on any atom is -0.236 e. The molecule has 45 heavy (non-hydrogen) atoms. The van der Waals surface area contributed by atoms with E-state index in [0.29, 0.717) is 11.8 Å². The van der Waals surface area contributed by atoms with Crippen LogP contribution in [0.5, 0.6) is 0 Å². The molecule has 1 heterocycles. The molecule has 248 valence electrons. The first kappa shape index (κ1) is 35.6. The average Bonchev–Trinajstić information content (AvgIpc) is 3.10. The molecule has 0 aliphatic heterocycles. The molecule has 0 atom stereocenters. The summed E-state index contributed by atoms with van der Waals surface area (Å²) in [6.07, 6.45) is 37.1.